The van der Waals surface area contributed by atoms with Crippen LogP contribution < -0.4 is 4.74 Å². The number of rotatable bonds is 5. The van der Waals surface area contributed by atoms with Crippen molar-refractivity contribution in [3.05, 3.63) is 71.3 Å². The standard InChI is InChI=1S/C16H12F2O3/c17-13-2-1-3-15(9-13)21-10-12-4-6-14(18)8-11(12)5-7-16(19)20/h1-9H,10H2,(H,19,20). The monoisotopic (exact) mass is 290 g/mol. The summed E-state index contributed by atoms with van der Waals surface area (Å²) >= 11 is 0. The molecule has 2 aromatic carbocycles. The van der Waals surface area contributed by atoms with Crippen LogP contribution in [0.1, 0.15) is 11.1 Å². The van der Waals surface area contributed by atoms with Crippen molar-refractivity contribution >= 4 is 12.0 Å². The van der Waals surface area contributed by atoms with Gasteiger partial charge in [0.05, 0.1) is 0 Å². The van der Waals surface area contributed by atoms with Gasteiger partial charge in [-0.2, -0.15) is 0 Å². The fourth-order valence-electron chi connectivity index (χ4n) is 1.73. The maximum absolute atomic E-state index is 13.2. The zero-order chi connectivity index (χ0) is 15.2. The number of carboxylic acid groups (broad SMARTS) is 1. The van der Waals surface area contributed by atoms with Gasteiger partial charge in [-0.15, -0.1) is 0 Å². The second-order valence-electron chi connectivity index (χ2n) is 4.26. The highest BCUT2D eigenvalue weighted by molar-refractivity contribution is 5.85. The highest BCUT2D eigenvalue weighted by atomic mass is 19.1. The lowest BCUT2D eigenvalue weighted by molar-refractivity contribution is -0.131. The molecule has 21 heavy (non-hydrogen) atoms. The van der Waals surface area contributed by atoms with Gasteiger partial charge in [-0.25, -0.2) is 13.6 Å². The maximum Gasteiger partial charge on any atom is 0.328 e. The zero-order valence-corrected chi connectivity index (χ0v) is 10.9. The minimum absolute atomic E-state index is 0.0724. The molecule has 0 aliphatic heterocycles. The number of aliphatic carboxylic acids is 1. The van der Waals surface area contributed by atoms with Crippen LogP contribution >= 0.6 is 0 Å². The topological polar surface area (TPSA) is 46.5 Å². The zero-order valence-electron chi connectivity index (χ0n) is 10.9. The molecular formula is C16H12F2O3. The lowest BCUT2D eigenvalue weighted by Gasteiger charge is -2.09. The van der Waals surface area contributed by atoms with Gasteiger partial charge in [-0.3, -0.25) is 0 Å². The Morgan fingerprint density at radius 2 is 1.90 bits per heavy atom. The fourth-order valence-corrected chi connectivity index (χ4v) is 1.73. The molecule has 0 heterocycles. The van der Waals surface area contributed by atoms with E-state index in [4.69, 9.17) is 9.84 Å². The summed E-state index contributed by atoms with van der Waals surface area (Å²) in [5, 5.41) is 8.62. The van der Waals surface area contributed by atoms with Gasteiger partial charge in [0.2, 0.25) is 0 Å². The van der Waals surface area contributed by atoms with Crippen molar-refractivity contribution < 1.29 is 23.4 Å². The van der Waals surface area contributed by atoms with Crippen LogP contribution in [0.15, 0.2) is 48.5 Å². The molecule has 0 atom stereocenters. The van der Waals surface area contributed by atoms with Gasteiger partial charge >= 0.3 is 5.97 Å². The van der Waals surface area contributed by atoms with Crippen LogP contribution in [0.4, 0.5) is 8.78 Å². The molecular weight excluding hydrogens is 278 g/mol. The van der Waals surface area contributed by atoms with E-state index in [-0.39, 0.29) is 6.61 Å². The molecule has 5 heteroatoms. The number of hydrogen-bond donors (Lipinski definition) is 1. The van der Waals surface area contributed by atoms with Gasteiger partial charge in [0.1, 0.15) is 24.0 Å². The van der Waals surface area contributed by atoms with Crippen LogP contribution in [0, 0.1) is 11.6 Å². The Morgan fingerprint density at radius 3 is 2.62 bits per heavy atom. The van der Waals surface area contributed by atoms with Crippen molar-refractivity contribution in [2.24, 2.45) is 0 Å². The Hall–Kier alpha value is -2.69. The summed E-state index contributed by atoms with van der Waals surface area (Å²) in [5.41, 5.74) is 0.993. The predicted octanol–water partition coefficient (Wildman–Crippen LogP) is 3.64. The van der Waals surface area contributed by atoms with E-state index >= 15 is 0 Å². The van der Waals surface area contributed by atoms with Crippen LogP contribution in [0.25, 0.3) is 6.08 Å². The van der Waals surface area contributed by atoms with E-state index in [2.05, 4.69) is 0 Å². The first kappa shape index (κ1) is 14.7. The fraction of sp³-hybridized carbons (Fsp3) is 0.0625. The smallest absolute Gasteiger partial charge is 0.328 e. The highest BCUT2D eigenvalue weighted by Gasteiger charge is 2.04. The first-order valence-electron chi connectivity index (χ1n) is 6.12. The molecule has 0 saturated carbocycles. The molecule has 2 rings (SSSR count). The van der Waals surface area contributed by atoms with E-state index in [1.807, 2.05) is 0 Å². The van der Waals surface area contributed by atoms with E-state index in [9.17, 15) is 13.6 Å². The lowest BCUT2D eigenvalue weighted by atomic mass is 10.1. The van der Waals surface area contributed by atoms with Crippen molar-refractivity contribution in [2.75, 3.05) is 0 Å². The van der Waals surface area contributed by atoms with Crippen molar-refractivity contribution in [1.29, 1.82) is 0 Å². The van der Waals surface area contributed by atoms with E-state index in [1.54, 1.807) is 6.07 Å². The summed E-state index contributed by atoms with van der Waals surface area (Å²) in [7, 11) is 0. The SMILES string of the molecule is O=C(O)C=Cc1cc(F)ccc1COc1cccc(F)c1. The van der Waals surface area contributed by atoms with Crippen LogP contribution in [0.2, 0.25) is 0 Å². The Labute approximate surface area is 120 Å². The summed E-state index contributed by atoms with van der Waals surface area (Å²) < 4.78 is 31.7. The predicted molar refractivity (Wildman–Crippen MR) is 73.8 cm³/mol. The van der Waals surface area contributed by atoms with E-state index in [0.29, 0.717) is 16.9 Å². The van der Waals surface area contributed by atoms with Crippen LogP contribution in [-0.4, -0.2) is 11.1 Å². The van der Waals surface area contributed by atoms with Crippen molar-refractivity contribution in [1.82, 2.24) is 0 Å². The lowest BCUT2D eigenvalue weighted by Crippen LogP contribution is -1.99. The Kier molecular flexibility index (Phi) is 4.66. The van der Waals surface area contributed by atoms with Crippen molar-refractivity contribution in [3.63, 3.8) is 0 Å². The third-order valence-corrected chi connectivity index (χ3v) is 2.70. The number of benzene rings is 2. The highest BCUT2D eigenvalue weighted by Crippen LogP contribution is 2.18. The quantitative estimate of drug-likeness (QED) is 0.855. The van der Waals surface area contributed by atoms with Crippen LogP contribution in [-0.2, 0) is 11.4 Å². The van der Waals surface area contributed by atoms with Crippen LogP contribution in [0.5, 0.6) is 5.75 Å². The summed E-state index contributed by atoms with van der Waals surface area (Å²) in [6.45, 7) is 0.0724. The van der Waals surface area contributed by atoms with Gasteiger partial charge in [-0.05, 0) is 41.5 Å². The van der Waals surface area contributed by atoms with E-state index in [0.717, 1.165) is 6.08 Å². The first-order valence-corrected chi connectivity index (χ1v) is 6.12. The molecule has 0 saturated heterocycles. The Morgan fingerprint density at radius 1 is 1.14 bits per heavy atom. The number of halogens is 2. The van der Waals surface area contributed by atoms with Crippen LogP contribution in [0.3, 0.4) is 0 Å². The second-order valence-corrected chi connectivity index (χ2v) is 4.26. The third-order valence-electron chi connectivity index (χ3n) is 2.70. The molecule has 0 amide bonds. The molecule has 0 bridgehead atoms. The van der Waals surface area contributed by atoms with E-state index < -0.39 is 17.6 Å². The molecule has 0 radical (unpaired) electrons. The molecule has 0 spiro atoms. The van der Waals surface area contributed by atoms with Gasteiger partial charge in [0, 0.05) is 12.1 Å². The summed E-state index contributed by atoms with van der Waals surface area (Å²) in [5.74, 6) is -1.68. The molecule has 0 fully saturated rings. The molecule has 0 unspecified atom stereocenters. The minimum atomic E-state index is -1.13. The minimum Gasteiger partial charge on any atom is -0.489 e. The average molecular weight is 290 g/mol. The normalized spacial score (nSPS) is 10.8. The van der Waals surface area contributed by atoms with Crippen molar-refractivity contribution in [3.8, 4) is 5.75 Å². The maximum atomic E-state index is 13.2. The van der Waals surface area contributed by atoms with Gasteiger partial charge in [0.25, 0.3) is 0 Å². The molecule has 0 aromatic heterocycles. The Balaban J connectivity index is 2.17. The first-order chi connectivity index (χ1) is 10.0. The number of carbonyl (C=O) groups is 1. The van der Waals surface area contributed by atoms with Crippen molar-refractivity contribution in [2.45, 2.75) is 6.61 Å². The molecule has 108 valence electrons. The summed E-state index contributed by atoms with van der Waals surface area (Å²) in [6, 6.07) is 9.60. The van der Waals surface area contributed by atoms with Gasteiger partial charge < -0.3 is 9.84 Å². The molecule has 3 nitrogen and oxygen atoms in total. The average Bonchev–Trinajstić information content (AvgIpc) is 2.44. The molecule has 2 aromatic rings. The molecule has 1 N–H and O–H groups in total. The van der Waals surface area contributed by atoms with E-state index in [1.165, 1.54) is 42.5 Å². The number of ether oxygens (including phenoxy) is 1. The van der Waals surface area contributed by atoms with Gasteiger partial charge in [0.15, 0.2) is 0 Å². The number of hydrogen-bond acceptors (Lipinski definition) is 2. The molecule has 0 aliphatic rings. The Bertz CT molecular complexity index is 681. The third kappa shape index (κ3) is 4.42. The summed E-state index contributed by atoms with van der Waals surface area (Å²) in [4.78, 5) is 10.5. The number of carboxylic acids is 1. The summed E-state index contributed by atoms with van der Waals surface area (Å²) in [6.07, 6.45) is 2.20. The molecule has 0 aliphatic carbocycles. The largest absolute Gasteiger partial charge is 0.489 e. The second kappa shape index (κ2) is 6.65. The van der Waals surface area contributed by atoms with Gasteiger partial charge in [-0.1, -0.05) is 12.1 Å².